The Bertz CT molecular complexity index is 2950. The maximum Gasteiger partial charge on any atom is 0.337 e. The Balaban J connectivity index is 1.36. The van der Waals surface area contributed by atoms with E-state index in [9.17, 15) is 4.79 Å². The summed E-state index contributed by atoms with van der Waals surface area (Å²) in [7, 11) is 0. The molecule has 5 heteroatoms. The van der Waals surface area contributed by atoms with E-state index in [4.69, 9.17) is 9.41 Å². The molecule has 59 heavy (non-hydrogen) atoms. The van der Waals surface area contributed by atoms with Crippen LogP contribution in [0.4, 0.5) is 0 Å². The van der Waals surface area contributed by atoms with Crippen LogP contribution in [0.15, 0.2) is 231 Å². The first-order valence-electron chi connectivity index (χ1n) is 20.1. The fourth-order valence-electron chi connectivity index (χ4n) is 8.74. The van der Waals surface area contributed by atoms with Crippen LogP contribution in [0, 0.1) is 0 Å². The summed E-state index contributed by atoms with van der Waals surface area (Å²) in [6.45, 7) is 0. The fourth-order valence-corrected chi connectivity index (χ4v) is 9.94. The fraction of sp³-hybridized carbons (Fsp3) is 0.0741. The first kappa shape index (κ1) is 36.4. The zero-order chi connectivity index (χ0) is 39.5. The summed E-state index contributed by atoms with van der Waals surface area (Å²) in [6.07, 6.45) is 9.72. The van der Waals surface area contributed by atoms with Gasteiger partial charge in [-0.2, -0.15) is 0 Å². The van der Waals surface area contributed by atoms with Crippen molar-refractivity contribution in [3.8, 4) is 22.4 Å². The second kappa shape index (κ2) is 16.1. The minimum absolute atomic E-state index is 0.0618. The number of fused-ring (bicyclic) bond motifs is 1. The molecule has 0 saturated heterocycles. The predicted molar refractivity (Wildman–Crippen MR) is 244 cm³/mol. The smallest absolute Gasteiger partial charge is 0.337 e. The minimum Gasteiger partial charge on any atom is -0.423 e. The molecular formula is C54H40N2O2S. The van der Waals surface area contributed by atoms with Crippen LogP contribution in [0.5, 0.6) is 0 Å². The molecule has 3 unspecified atom stereocenters. The van der Waals surface area contributed by atoms with Gasteiger partial charge in [-0.3, -0.25) is 4.99 Å². The third-order valence-electron chi connectivity index (χ3n) is 11.3. The third-order valence-corrected chi connectivity index (χ3v) is 12.5. The zero-order valence-electron chi connectivity index (χ0n) is 32.2. The molecule has 4 nitrogen and oxygen atoms in total. The molecule has 6 aromatic carbocycles. The number of nitrogens with zero attached hydrogens (tertiary/aromatic N) is 1. The lowest BCUT2D eigenvalue weighted by molar-refractivity contribution is 0.557. The molecule has 1 aliphatic carbocycles. The molecule has 0 amide bonds. The van der Waals surface area contributed by atoms with Crippen LogP contribution in [-0.2, 0) is 0 Å². The SMILES string of the molecule is O=c1cc(S/C(=C2/N=C(c3ccccc3)C(c3ccccc3)C2c2ccccc2)c2[nH]c(-c3ccccc3)c(-c3ccccc3)c2C2C=CC=CC2)c2ccccc2o1. The average molecular weight is 781 g/mol. The van der Waals surface area contributed by atoms with Crippen LogP contribution in [0.1, 0.15) is 52.1 Å². The Morgan fingerprint density at radius 1 is 0.627 bits per heavy atom. The van der Waals surface area contributed by atoms with E-state index >= 15 is 0 Å². The number of hydrogen-bond acceptors (Lipinski definition) is 4. The summed E-state index contributed by atoms with van der Waals surface area (Å²) in [6, 6.07) is 62.9. The van der Waals surface area contributed by atoms with Crippen molar-refractivity contribution in [2.24, 2.45) is 4.99 Å². The lowest BCUT2D eigenvalue weighted by Crippen LogP contribution is -2.17. The average Bonchev–Trinajstić information content (AvgIpc) is 3.90. The van der Waals surface area contributed by atoms with E-state index in [0.717, 1.165) is 66.7 Å². The molecule has 8 aromatic rings. The van der Waals surface area contributed by atoms with Crippen LogP contribution in [-0.4, -0.2) is 10.7 Å². The number of allylic oxidation sites excluding steroid dienone is 5. The molecule has 284 valence electrons. The molecule has 0 spiro atoms. The van der Waals surface area contributed by atoms with Crippen LogP contribution < -0.4 is 5.63 Å². The van der Waals surface area contributed by atoms with Crippen molar-refractivity contribution in [3.05, 3.63) is 250 Å². The van der Waals surface area contributed by atoms with Gasteiger partial charge in [0.2, 0.25) is 0 Å². The summed E-state index contributed by atoms with van der Waals surface area (Å²) >= 11 is 1.61. The molecule has 0 saturated carbocycles. The third kappa shape index (κ3) is 7.04. The van der Waals surface area contributed by atoms with Crippen LogP contribution in [0.2, 0.25) is 0 Å². The summed E-state index contributed by atoms with van der Waals surface area (Å²) < 4.78 is 5.78. The number of thioether (sulfide) groups is 1. The number of rotatable bonds is 9. The molecule has 0 radical (unpaired) electrons. The lowest BCUT2D eigenvalue weighted by Gasteiger charge is -2.25. The maximum atomic E-state index is 13.4. The summed E-state index contributed by atoms with van der Waals surface area (Å²) in [5, 5.41) is 0.872. The maximum absolute atomic E-state index is 13.4. The monoisotopic (exact) mass is 780 g/mol. The van der Waals surface area contributed by atoms with Crippen LogP contribution in [0.3, 0.4) is 0 Å². The molecule has 1 N–H and O–H groups in total. The number of nitrogens with one attached hydrogen (secondary N) is 1. The summed E-state index contributed by atoms with van der Waals surface area (Å²) in [4.78, 5) is 25.1. The Kier molecular flexibility index (Phi) is 9.95. The van der Waals surface area contributed by atoms with Gasteiger partial charge < -0.3 is 9.40 Å². The molecule has 3 heterocycles. The molecule has 0 bridgehead atoms. The zero-order valence-corrected chi connectivity index (χ0v) is 33.1. The van der Waals surface area contributed by atoms with Crippen molar-refractivity contribution in [2.45, 2.75) is 29.1 Å². The molecule has 2 aliphatic rings. The Morgan fingerprint density at radius 2 is 1.20 bits per heavy atom. The highest BCUT2D eigenvalue weighted by Gasteiger charge is 2.41. The lowest BCUT2D eigenvalue weighted by atomic mass is 9.77. The van der Waals surface area contributed by atoms with Gasteiger partial charge in [-0.1, -0.05) is 206 Å². The molecule has 2 aromatic heterocycles. The molecular weight excluding hydrogens is 741 g/mol. The first-order valence-corrected chi connectivity index (χ1v) is 20.9. The van der Waals surface area contributed by atoms with Crippen molar-refractivity contribution in [2.75, 3.05) is 0 Å². The Morgan fingerprint density at radius 3 is 1.85 bits per heavy atom. The van der Waals surface area contributed by atoms with Crippen molar-refractivity contribution >= 4 is 33.3 Å². The Labute approximate surface area is 348 Å². The standard InChI is InChI=1S/C54H40N2O2S/c57-45-35-44(42-33-19-20-34-43(42)58-45)59-54(52-48(38-25-11-3-12-26-38)46(36-21-7-1-8-22-36)50(55-52)40-29-15-5-16-30-40)53-49(39-27-13-4-14-28-39)47(37-23-9-2-10-24-37)51(56-53)41-31-17-6-18-32-41/h1-27,29-35,39,46,48,56H,28H2/b54-52+. The van der Waals surface area contributed by atoms with Gasteiger partial charge in [-0.25, -0.2) is 4.79 Å². The number of para-hydroxylation sites is 1. The van der Waals surface area contributed by atoms with E-state index in [1.807, 2.05) is 24.3 Å². The van der Waals surface area contributed by atoms with Crippen LogP contribution in [0.25, 0.3) is 38.3 Å². The highest BCUT2D eigenvalue weighted by atomic mass is 32.2. The highest BCUT2D eigenvalue weighted by Crippen LogP contribution is 2.55. The minimum atomic E-state index is -0.390. The topological polar surface area (TPSA) is 58.4 Å². The summed E-state index contributed by atoms with van der Waals surface area (Å²) in [5.41, 5.74) is 12.2. The first-order chi connectivity index (χ1) is 29.2. The number of benzene rings is 6. The molecule has 3 atom stereocenters. The van der Waals surface area contributed by atoms with Crippen molar-refractivity contribution in [1.82, 2.24) is 4.98 Å². The number of aromatic nitrogens is 1. The van der Waals surface area contributed by atoms with Gasteiger partial charge in [-0.15, -0.1) is 0 Å². The number of aliphatic imine (C=N–C) groups is 1. The Hall–Kier alpha value is -6.95. The van der Waals surface area contributed by atoms with Crippen molar-refractivity contribution in [3.63, 3.8) is 0 Å². The molecule has 0 fully saturated rings. The van der Waals surface area contributed by atoms with E-state index < -0.39 is 0 Å². The van der Waals surface area contributed by atoms with Gasteiger partial charge in [0.15, 0.2) is 0 Å². The largest absolute Gasteiger partial charge is 0.423 e. The van der Waals surface area contributed by atoms with E-state index in [2.05, 4.69) is 181 Å². The van der Waals surface area contributed by atoms with E-state index in [1.165, 1.54) is 16.7 Å². The van der Waals surface area contributed by atoms with Gasteiger partial charge in [0.05, 0.1) is 27.7 Å². The normalized spacial score (nSPS) is 18.2. The van der Waals surface area contributed by atoms with Gasteiger partial charge in [0.25, 0.3) is 0 Å². The van der Waals surface area contributed by atoms with Gasteiger partial charge in [0.1, 0.15) is 5.58 Å². The second-order valence-electron chi connectivity index (χ2n) is 14.9. The van der Waals surface area contributed by atoms with Crippen LogP contribution >= 0.6 is 11.8 Å². The summed E-state index contributed by atoms with van der Waals surface area (Å²) in [5.74, 6) is -0.199. The van der Waals surface area contributed by atoms with Crippen molar-refractivity contribution < 1.29 is 4.42 Å². The number of aromatic amines is 1. The quantitative estimate of drug-likeness (QED) is 0.117. The highest BCUT2D eigenvalue weighted by molar-refractivity contribution is 8.08. The van der Waals surface area contributed by atoms with Gasteiger partial charge in [-0.05, 0) is 45.9 Å². The van der Waals surface area contributed by atoms with Crippen molar-refractivity contribution in [1.29, 1.82) is 0 Å². The second-order valence-corrected chi connectivity index (χ2v) is 16.0. The number of H-pyrrole nitrogens is 1. The number of hydrogen-bond donors (Lipinski definition) is 1. The van der Waals surface area contributed by atoms with Gasteiger partial charge in [0, 0.05) is 39.7 Å². The molecule has 10 rings (SSSR count). The van der Waals surface area contributed by atoms with Gasteiger partial charge >= 0.3 is 5.63 Å². The van der Waals surface area contributed by atoms with E-state index in [1.54, 1.807) is 17.8 Å². The predicted octanol–water partition coefficient (Wildman–Crippen LogP) is 13.6. The molecule has 1 aliphatic heterocycles. The van der Waals surface area contributed by atoms with E-state index in [0.29, 0.717) is 5.58 Å². The van der Waals surface area contributed by atoms with E-state index in [-0.39, 0.29) is 23.4 Å².